The summed E-state index contributed by atoms with van der Waals surface area (Å²) in [7, 11) is -2.23. The highest BCUT2D eigenvalue weighted by molar-refractivity contribution is 6.59. The molecule has 2 aromatic rings. The lowest BCUT2D eigenvalue weighted by atomic mass is 9.75. The molecule has 0 unspecified atom stereocenters. The number of fused-ring (bicyclic) bond motifs is 1. The highest BCUT2D eigenvalue weighted by Gasteiger charge is 2.36. The van der Waals surface area contributed by atoms with Crippen molar-refractivity contribution in [3.63, 3.8) is 0 Å². The Bertz CT molecular complexity index is 790. The van der Waals surface area contributed by atoms with Crippen molar-refractivity contribution in [1.82, 2.24) is 5.32 Å². The molecule has 0 fully saturated rings. The van der Waals surface area contributed by atoms with E-state index in [0.29, 0.717) is 23.2 Å². The number of halogens is 3. The van der Waals surface area contributed by atoms with Crippen LogP contribution in [0.1, 0.15) is 21.5 Å². The van der Waals surface area contributed by atoms with Gasteiger partial charge in [0.25, 0.3) is 5.91 Å². The van der Waals surface area contributed by atoms with E-state index in [-0.39, 0.29) is 5.91 Å². The zero-order chi connectivity index (χ0) is 16.8. The first-order valence-electron chi connectivity index (χ1n) is 6.76. The summed E-state index contributed by atoms with van der Waals surface area (Å²) in [6.45, 7) is 0.359. The Morgan fingerprint density at radius 3 is 2.35 bits per heavy atom. The van der Waals surface area contributed by atoms with Crippen molar-refractivity contribution in [2.75, 3.05) is 0 Å². The maximum atomic E-state index is 12.9. The van der Waals surface area contributed by atoms with Crippen LogP contribution in [0.15, 0.2) is 36.4 Å². The minimum atomic E-state index is -4.67. The number of amides is 1. The molecular weight excluding hydrogens is 310 g/mol. The molecule has 4 nitrogen and oxygen atoms in total. The highest BCUT2D eigenvalue weighted by atomic mass is 19.4. The molecule has 2 aromatic carbocycles. The summed E-state index contributed by atoms with van der Waals surface area (Å²) in [6, 6.07) is 8.09. The molecule has 1 aliphatic heterocycles. The van der Waals surface area contributed by atoms with Crippen molar-refractivity contribution >= 4 is 18.5 Å². The number of hydrogen-bond acceptors (Lipinski definition) is 3. The Labute approximate surface area is 129 Å². The number of benzene rings is 2. The van der Waals surface area contributed by atoms with Crippen molar-refractivity contribution in [2.45, 2.75) is 12.7 Å². The zero-order valence-electron chi connectivity index (χ0n) is 11.7. The van der Waals surface area contributed by atoms with Gasteiger partial charge in [0, 0.05) is 12.1 Å². The number of hydrogen-bond donors (Lipinski definition) is 3. The second-order valence-electron chi connectivity index (χ2n) is 5.23. The molecule has 0 aliphatic carbocycles. The molecule has 0 radical (unpaired) electrons. The number of nitrogens with one attached hydrogen (secondary N) is 1. The van der Waals surface area contributed by atoms with Crippen molar-refractivity contribution in [3.8, 4) is 11.1 Å². The standard InChI is InChI=1S/C15H11BF3NO3/c17-15(18,19)12-4-2-9(6-13(12)16(22)23)8-1-3-11-10(5-8)7-20-14(11)21/h1-6,22-23H,7H2,(H,20,21). The number of carbonyl (C=O) groups is 1. The van der Waals surface area contributed by atoms with E-state index in [1.165, 1.54) is 6.07 Å². The molecule has 0 saturated carbocycles. The first kappa shape index (κ1) is 15.6. The zero-order valence-corrected chi connectivity index (χ0v) is 11.7. The minimum absolute atomic E-state index is 0.189. The first-order valence-corrected chi connectivity index (χ1v) is 6.76. The maximum Gasteiger partial charge on any atom is 0.489 e. The van der Waals surface area contributed by atoms with Gasteiger partial charge in [-0.25, -0.2) is 0 Å². The van der Waals surface area contributed by atoms with E-state index in [1.54, 1.807) is 18.2 Å². The van der Waals surface area contributed by atoms with Gasteiger partial charge in [0.05, 0.1) is 5.56 Å². The van der Waals surface area contributed by atoms with Crippen LogP contribution in [0, 0.1) is 0 Å². The average Bonchev–Trinajstić information content (AvgIpc) is 2.86. The van der Waals surface area contributed by atoms with Gasteiger partial charge >= 0.3 is 13.3 Å². The third-order valence-electron chi connectivity index (χ3n) is 3.76. The summed E-state index contributed by atoms with van der Waals surface area (Å²) in [4.78, 5) is 11.5. The summed E-state index contributed by atoms with van der Waals surface area (Å²) in [6.07, 6.45) is -4.67. The maximum absolute atomic E-state index is 12.9. The van der Waals surface area contributed by atoms with Gasteiger partial charge in [0.1, 0.15) is 0 Å². The SMILES string of the molecule is O=C1NCc2cc(-c3ccc(C(F)(F)F)c(B(O)O)c3)ccc21. The van der Waals surface area contributed by atoms with E-state index in [9.17, 15) is 28.0 Å². The molecule has 0 atom stereocenters. The predicted octanol–water partition coefficient (Wildman–Crippen LogP) is 1.30. The third kappa shape index (κ3) is 2.82. The molecule has 8 heteroatoms. The lowest BCUT2D eigenvalue weighted by Gasteiger charge is -2.14. The lowest BCUT2D eigenvalue weighted by molar-refractivity contribution is -0.136. The van der Waals surface area contributed by atoms with Crippen LogP contribution in [0.2, 0.25) is 0 Å². The number of carbonyl (C=O) groups excluding carboxylic acids is 1. The van der Waals surface area contributed by atoms with Crippen LogP contribution in [0.3, 0.4) is 0 Å². The fraction of sp³-hybridized carbons (Fsp3) is 0.133. The van der Waals surface area contributed by atoms with Crippen molar-refractivity contribution < 1.29 is 28.0 Å². The number of rotatable bonds is 2. The van der Waals surface area contributed by atoms with Gasteiger partial charge in [-0.15, -0.1) is 0 Å². The first-order chi connectivity index (χ1) is 10.8. The monoisotopic (exact) mass is 321 g/mol. The Balaban J connectivity index is 2.08. The van der Waals surface area contributed by atoms with Gasteiger partial charge in [0.2, 0.25) is 0 Å². The van der Waals surface area contributed by atoms with E-state index in [2.05, 4.69) is 5.32 Å². The summed E-state index contributed by atoms with van der Waals surface area (Å²) >= 11 is 0. The van der Waals surface area contributed by atoms with Crippen LogP contribution in [0.4, 0.5) is 13.2 Å². The lowest BCUT2D eigenvalue weighted by Crippen LogP contribution is -2.36. The molecule has 1 aliphatic rings. The van der Waals surface area contributed by atoms with Gasteiger partial charge in [-0.2, -0.15) is 13.2 Å². The third-order valence-corrected chi connectivity index (χ3v) is 3.76. The van der Waals surface area contributed by atoms with E-state index in [1.807, 2.05) is 0 Å². The topological polar surface area (TPSA) is 69.6 Å². The Hall–Kier alpha value is -2.32. The minimum Gasteiger partial charge on any atom is -0.423 e. The largest absolute Gasteiger partial charge is 0.489 e. The molecule has 3 N–H and O–H groups in total. The van der Waals surface area contributed by atoms with Crippen molar-refractivity contribution in [3.05, 3.63) is 53.1 Å². The van der Waals surface area contributed by atoms with E-state index in [4.69, 9.17) is 0 Å². The van der Waals surface area contributed by atoms with Crippen LogP contribution in [0.25, 0.3) is 11.1 Å². The van der Waals surface area contributed by atoms with Gasteiger partial charge in [-0.1, -0.05) is 18.2 Å². The quantitative estimate of drug-likeness (QED) is 0.730. The van der Waals surface area contributed by atoms with Crippen LogP contribution in [-0.4, -0.2) is 23.1 Å². The summed E-state index contributed by atoms with van der Waals surface area (Å²) < 4.78 is 38.7. The Morgan fingerprint density at radius 1 is 1.04 bits per heavy atom. The molecule has 0 aromatic heterocycles. The molecule has 0 bridgehead atoms. The molecule has 1 amide bonds. The summed E-state index contributed by atoms with van der Waals surface area (Å²) in [5, 5.41) is 21.1. The smallest absolute Gasteiger partial charge is 0.423 e. The van der Waals surface area contributed by atoms with Gasteiger partial charge in [0.15, 0.2) is 0 Å². The Morgan fingerprint density at radius 2 is 1.70 bits per heavy atom. The van der Waals surface area contributed by atoms with Crippen LogP contribution in [0.5, 0.6) is 0 Å². The molecule has 0 saturated heterocycles. The second kappa shape index (κ2) is 5.40. The fourth-order valence-electron chi connectivity index (χ4n) is 2.63. The summed E-state index contributed by atoms with van der Waals surface area (Å²) in [5.41, 5.74) is 0.583. The predicted molar refractivity (Wildman–Crippen MR) is 77.9 cm³/mol. The van der Waals surface area contributed by atoms with Crippen molar-refractivity contribution in [2.24, 2.45) is 0 Å². The van der Waals surface area contributed by atoms with Crippen LogP contribution < -0.4 is 10.8 Å². The molecule has 3 rings (SSSR count). The van der Waals surface area contributed by atoms with Gasteiger partial charge in [-0.05, 0) is 40.4 Å². The normalized spacial score (nSPS) is 13.7. The van der Waals surface area contributed by atoms with Gasteiger partial charge in [-0.3, -0.25) is 4.79 Å². The molecule has 1 heterocycles. The molecule has 118 valence electrons. The van der Waals surface area contributed by atoms with Crippen LogP contribution >= 0.6 is 0 Å². The van der Waals surface area contributed by atoms with Crippen molar-refractivity contribution in [1.29, 1.82) is 0 Å². The summed E-state index contributed by atoms with van der Waals surface area (Å²) in [5.74, 6) is -0.189. The average molecular weight is 321 g/mol. The molecular formula is C15H11BF3NO3. The number of alkyl halides is 3. The fourth-order valence-corrected chi connectivity index (χ4v) is 2.63. The van der Waals surface area contributed by atoms with E-state index >= 15 is 0 Å². The second-order valence-corrected chi connectivity index (χ2v) is 5.23. The van der Waals surface area contributed by atoms with E-state index in [0.717, 1.165) is 17.7 Å². The van der Waals surface area contributed by atoms with E-state index < -0.39 is 24.3 Å². The van der Waals surface area contributed by atoms with Gasteiger partial charge < -0.3 is 15.4 Å². The van der Waals surface area contributed by atoms with Crippen LogP contribution in [-0.2, 0) is 12.7 Å². The molecule has 23 heavy (non-hydrogen) atoms. The Kier molecular flexibility index (Phi) is 3.65. The highest BCUT2D eigenvalue weighted by Crippen LogP contribution is 2.31. The molecule has 0 spiro atoms.